The molecule has 1 unspecified atom stereocenters. The van der Waals surface area contributed by atoms with Gasteiger partial charge in [0.15, 0.2) is 0 Å². The number of rotatable bonds is 5. The summed E-state index contributed by atoms with van der Waals surface area (Å²) < 4.78 is 0. The minimum absolute atomic E-state index is 0.396. The average molecular weight is 170 g/mol. The summed E-state index contributed by atoms with van der Waals surface area (Å²) in [6.45, 7) is 8.64. The van der Waals surface area contributed by atoms with E-state index in [-0.39, 0.29) is 0 Å². The highest BCUT2D eigenvalue weighted by Gasteiger charge is 2.01. The molecule has 0 aliphatic rings. The van der Waals surface area contributed by atoms with Crippen LogP contribution in [0, 0.1) is 5.92 Å². The number of nitrogens with two attached hydrogens (primary N) is 1. The maximum Gasteiger partial charge on any atom is 0.0937 e. The van der Waals surface area contributed by atoms with Gasteiger partial charge in [0.05, 0.1) is 5.84 Å². The Morgan fingerprint density at radius 3 is 2.25 bits per heavy atom. The lowest BCUT2D eigenvalue weighted by atomic mass is 10.0. The lowest BCUT2D eigenvalue weighted by Crippen LogP contribution is -2.14. The van der Waals surface area contributed by atoms with Crippen LogP contribution in [0.3, 0.4) is 0 Å². The molecule has 0 rings (SSSR count). The zero-order chi connectivity index (χ0) is 9.56. The van der Waals surface area contributed by atoms with Gasteiger partial charge in [-0.1, -0.05) is 20.8 Å². The van der Waals surface area contributed by atoms with Crippen LogP contribution in [0.25, 0.3) is 0 Å². The molecule has 0 bridgehead atoms. The van der Waals surface area contributed by atoms with Crippen LogP contribution in [-0.4, -0.2) is 11.9 Å². The van der Waals surface area contributed by atoms with Gasteiger partial charge in [-0.25, -0.2) is 0 Å². The van der Waals surface area contributed by atoms with Gasteiger partial charge >= 0.3 is 0 Å². The highest BCUT2D eigenvalue weighted by atomic mass is 14.9. The van der Waals surface area contributed by atoms with Crippen LogP contribution in [-0.2, 0) is 0 Å². The van der Waals surface area contributed by atoms with Crippen molar-refractivity contribution in [2.24, 2.45) is 16.6 Å². The molecule has 0 amide bonds. The second kappa shape index (κ2) is 6.04. The Kier molecular flexibility index (Phi) is 5.77. The van der Waals surface area contributed by atoms with E-state index in [2.05, 4.69) is 25.8 Å². The number of nitrogens with zero attached hydrogens (tertiary/aromatic N) is 1. The Hall–Kier alpha value is -0.530. The second-order valence-corrected chi connectivity index (χ2v) is 3.79. The summed E-state index contributed by atoms with van der Waals surface area (Å²) in [7, 11) is 0. The number of hydrogen-bond donors (Lipinski definition) is 1. The van der Waals surface area contributed by atoms with Crippen molar-refractivity contribution in [3.8, 4) is 0 Å². The van der Waals surface area contributed by atoms with E-state index in [4.69, 9.17) is 5.73 Å². The van der Waals surface area contributed by atoms with Crippen molar-refractivity contribution in [3.05, 3.63) is 0 Å². The summed E-state index contributed by atoms with van der Waals surface area (Å²) in [5.74, 6) is 1.55. The van der Waals surface area contributed by atoms with Gasteiger partial charge in [-0.2, -0.15) is 0 Å². The highest BCUT2D eigenvalue weighted by molar-refractivity contribution is 5.80. The highest BCUT2D eigenvalue weighted by Crippen LogP contribution is 2.08. The summed E-state index contributed by atoms with van der Waals surface area (Å²) in [6.07, 6.45) is 3.26. The zero-order valence-electron chi connectivity index (χ0n) is 8.80. The van der Waals surface area contributed by atoms with Gasteiger partial charge in [0.2, 0.25) is 0 Å². The van der Waals surface area contributed by atoms with Gasteiger partial charge in [-0.05, 0) is 25.7 Å². The van der Waals surface area contributed by atoms with Gasteiger partial charge in [-0.3, -0.25) is 4.99 Å². The van der Waals surface area contributed by atoms with E-state index in [0.717, 1.165) is 24.6 Å². The van der Waals surface area contributed by atoms with Crippen LogP contribution in [0.1, 0.15) is 47.0 Å². The molecule has 0 aliphatic heterocycles. The zero-order valence-corrected chi connectivity index (χ0v) is 8.80. The number of amidine groups is 1. The average Bonchev–Trinajstić information content (AvgIpc) is 2.00. The number of hydrogen-bond acceptors (Lipinski definition) is 1. The fourth-order valence-electron chi connectivity index (χ4n) is 1.01. The molecular formula is C10H22N2. The van der Waals surface area contributed by atoms with Crippen LogP contribution >= 0.6 is 0 Å². The van der Waals surface area contributed by atoms with Gasteiger partial charge in [0, 0.05) is 12.5 Å². The van der Waals surface area contributed by atoms with Crippen molar-refractivity contribution < 1.29 is 0 Å². The predicted octanol–water partition coefficient (Wildman–Crippen LogP) is 2.58. The third kappa shape index (κ3) is 6.20. The Morgan fingerprint density at radius 2 is 1.83 bits per heavy atom. The molecule has 0 aliphatic carbocycles. The molecule has 0 aromatic heterocycles. The van der Waals surface area contributed by atoms with Crippen LogP contribution in [0.15, 0.2) is 4.99 Å². The van der Waals surface area contributed by atoms with Crippen molar-refractivity contribution in [1.29, 1.82) is 0 Å². The SMILES string of the molecule is CCC(N)=NC(C)CCC(C)C. The summed E-state index contributed by atoms with van der Waals surface area (Å²) in [5.41, 5.74) is 5.63. The largest absolute Gasteiger partial charge is 0.387 e. The molecule has 2 nitrogen and oxygen atoms in total. The molecule has 0 saturated heterocycles. The van der Waals surface area contributed by atoms with Crippen molar-refractivity contribution in [2.45, 2.75) is 53.0 Å². The molecule has 0 fully saturated rings. The van der Waals surface area contributed by atoms with Gasteiger partial charge in [0.25, 0.3) is 0 Å². The first kappa shape index (κ1) is 11.5. The molecule has 0 radical (unpaired) electrons. The maximum atomic E-state index is 5.63. The van der Waals surface area contributed by atoms with E-state index in [1.807, 2.05) is 6.92 Å². The molecule has 0 aromatic rings. The standard InChI is InChI=1S/C10H22N2/c1-5-10(11)12-9(4)7-6-8(2)3/h8-9H,5-7H2,1-4H3,(H2,11,12). The third-order valence-corrected chi connectivity index (χ3v) is 1.91. The summed E-state index contributed by atoms with van der Waals surface area (Å²) in [5, 5.41) is 0. The van der Waals surface area contributed by atoms with Gasteiger partial charge in [-0.15, -0.1) is 0 Å². The molecule has 12 heavy (non-hydrogen) atoms. The van der Waals surface area contributed by atoms with E-state index in [0.29, 0.717) is 6.04 Å². The molecule has 0 heterocycles. The molecule has 0 spiro atoms. The molecule has 72 valence electrons. The van der Waals surface area contributed by atoms with Crippen LogP contribution < -0.4 is 5.73 Å². The van der Waals surface area contributed by atoms with Crippen molar-refractivity contribution in [2.75, 3.05) is 0 Å². The van der Waals surface area contributed by atoms with Crippen molar-refractivity contribution >= 4 is 5.84 Å². The van der Waals surface area contributed by atoms with E-state index in [9.17, 15) is 0 Å². The first-order valence-corrected chi connectivity index (χ1v) is 4.88. The molecule has 1 atom stereocenters. The van der Waals surface area contributed by atoms with E-state index < -0.39 is 0 Å². The van der Waals surface area contributed by atoms with E-state index >= 15 is 0 Å². The minimum atomic E-state index is 0.396. The summed E-state index contributed by atoms with van der Waals surface area (Å²) >= 11 is 0. The Morgan fingerprint density at radius 1 is 1.25 bits per heavy atom. The van der Waals surface area contributed by atoms with Gasteiger partial charge in [0.1, 0.15) is 0 Å². The lowest BCUT2D eigenvalue weighted by Gasteiger charge is -2.09. The molecule has 2 heteroatoms. The molecule has 0 saturated carbocycles. The van der Waals surface area contributed by atoms with E-state index in [1.54, 1.807) is 0 Å². The van der Waals surface area contributed by atoms with Crippen LogP contribution in [0.4, 0.5) is 0 Å². The smallest absolute Gasteiger partial charge is 0.0937 e. The maximum absolute atomic E-state index is 5.63. The Balaban J connectivity index is 3.65. The van der Waals surface area contributed by atoms with Crippen LogP contribution in [0.5, 0.6) is 0 Å². The second-order valence-electron chi connectivity index (χ2n) is 3.79. The fourth-order valence-corrected chi connectivity index (χ4v) is 1.01. The minimum Gasteiger partial charge on any atom is -0.387 e. The monoisotopic (exact) mass is 170 g/mol. The van der Waals surface area contributed by atoms with E-state index in [1.165, 1.54) is 6.42 Å². The van der Waals surface area contributed by atoms with Crippen molar-refractivity contribution in [3.63, 3.8) is 0 Å². The topological polar surface area (TPSA) is 38.4 Å². The fraction of sp³-hybridized carbons (Fsp3) is 0.900. The normalized spacial score (nSPS) is 15.2. The molecule has 2 N–H and O–H groups in total. The summed E-state index contributed by atoms with van der Waals surface area (Å²) in [6, 6.07) is 0.396. The first-order valence-electron chi connectivity index (χ1n) is 4.88. The lowest BCUT2D eigenvalue weighted by molar-refractivity contribution is 0.515. The first-order chi connectivity index (χ1) is 5.56. The quantitative estimate of drug-likeness (QED) is 0.500. The predicted molar refractivity (Wildman–Crippen MR) is 55.4 cm³/mol. The number of aliphatic imine (C=N–C) groups is 1. The van der Waals surface area contributed by atoms with Crippen molar-refractivity contribution in [1.82, 2.24) is 0 Å². The Bertz CT molecular complexity index is 139. The van der Waals surface area contributed by atoms with Gasteiger partial charge < -0.3 is 5.73 Å². The summed E-state index contributed by atoms with van der Waals surface area (Å²) in [4.78, 5) is 4.36. The van der Waals surface area contributed by atoms with Crippen LogP contribution in [0.2, 0.25) is 0 Å². The molecular weight excluding hydrogens is 148 g/mol. The molecule has 0 aromatic carbocycles. The Labute approximate surface area is 76.3 Å². The third-order valence-electron chi connectivity index (χ3n) is 1.91.